The number of hydrogen-bond acceptors (Lipinski definition) is 8. The van der Waals surface area contributed by atoms with Crippen molar-refractivity contribution in [1.29, 1.82) is 0 Å². The molecule has 13 heteroatoms. The molecular formula is C32H26BrClN2O7S2. The maximum absolute atomic E-state index is 12.9. The van der Waals surface area contributed by atoms with Gasteiger partial charge >= 0.3 is 5.97 Å². The summed E-state index contributed by atoms with van der Waals surface area (Å²) in [5.41, 5.74) is 1.90. The van der Waals surface area contributed by atoms with Crippen molar-refractivity contribution in [3.63, 3.8) is 0 Å². The number of carbonyl (C=O) groups excluding carboxylic acids is 1. The molecule has 0 saturated carbocycles. The van der Waals surface area contributed by atoms with Crippen LogP contribution in [0.4, 0.5) is 0 Å². The predicted octanol–water partition coefficient (Wildman–Crippen LogP) is 6.92. The average Bonchev–Trinajstić information content (AvgIpc) is 3.43. The molecular weight excluding hydrogens is 704 g/mol. The minimum Gasteiger partial charge on any atom is -0.486 e. The van der Waals surface area contributed by atoms with Gasteiger partial charge in [-0.05, 0) is 91.2 Å². The minimum absolute atomic E-state index is 0.0353. The molecule has 232 valence electrons. The number of aromatic nitrogens is 1. The Labute approximate surface area is 276 Å². The first-order valence-electron chi connectivity index (χ1n) is 13.6. The lowest BCUT2D eigenvalue weighted by atomic mass is 10.1. The van der Waals surface area contributed by atoms with Crippen molar-refractivity contribution in [2.75, 3.05) is 5.75 Å². The number of benzene rings is 4. The predicted molar refractivity (Wildman–Crippen MR) is 176 cm³/mol. The number of hydrogen-bond donors (Lipinski definition) is 2. The van der Waals surface area contributed by atoms with Gasteiger partial charge in [-0.2, -0.15) is 0 Å². The summed E-state index contributed by atoms with van der Waals surface area (Å²) in [7, 11) is -3.44. The molecule has 1 aromatic heterocycles. The third kappa shape index (κ3) is 8.82. The van der Waals surface area contributed by atoms with Crippen LogP contribution in [-0.4, -0.2) is 42.4 Å². The van der Waals surface area contributed by atoms with E-state index in [1.54, 1.807) is 36.4 Å². The lowest BCUT2D eigenvalue weighted by molar-refractivity contribution is -0.146. The Kier molecular flexibility index (Phi) is 10.4. The lowest BCUT2D eigenvalue weighted by Gasteiger charge is -2.17. The molecule has 0 spiro atoms. The van der Waals surface area contributed by atoms with Gasteiger partial charge in [-0.3, -0.25) is 4.79 Å². The third-order valence-electron chi connectivity index (χ3n) is 6.57. The molecule has 5 aromatic rings. The Hall–Kier alpha value is -3.97. The van der Waals surface area contributed by atoms with Gasteiger partial charge in [0, 0.05) is 15.1 Å². The summed E-state index contributed by atoms with van der Waals surface area (Å²) in [5.74, 6) is -1.43. The zero-order valence-electron chi connectivity index (χ0n) is 23.5. The number of rotatable bonds is 13. The zero-order chi connectivity index (χ0) is 32.0. The molecule has 4 aromatic carbocycles. The number of aryl methyl sites for hydroxylation is 1. The summed E-state index contributed by atoms with van der Waals surface area (Å²) in [5, 5.41) is 13.3. The molecule has 0 radical (unpaired) electrons. The summed E-state index contributed by atoms with van der Waals surface area (Å²) in [6.45, 7) is 0.205. The van der Waals surface area contributed by atoms with Gasteiger partial charge in [0.25, 0.3) is 12.1 Å². The second kappa shape index (κ2) is 14.4. The smallest absolute Gasteiger partial charge is 0.366 e. The molecule has 45 heavy (non-hydrogen) atoms. The molecule has 2 N–H and O–H groups in total. The average molecular weight is 730 g/mol. The normalized spacial score (nSPS) is 12.0. The van der Waals surface area contributed by atoms with Crippen LogP contribution in [0.5, 0.6) is 11.5 Å². The van der Waals surface area contributed by atoms with E-state index in [1.807, 2.05) is 18.2 Å². The highest BCUT2D eigenvalue weighted by Crippen LogP contribution is 2.26. The van der Waals surface area contributed by atoms with Crippen molar-refractivity contribution in [1.82, 2.24) is 10.3 Å². The van der Waals surface area contributed by atoms with Crippen LogP contribution < -0.4 is 14.8 Å². The summed E-state index contributed by atoms with van der Waals surface area (Å²) in [6, 6.07) is 24.8. The van der Waals surface area contributed by atoms with Gasteiger partial charge in [0.2, 0.25) is 0 Å². The summed E-state index contributed by atoms with van der Waals surface area (Å²) < 4.78 is 38.5. The SMILES string of the molecule is O=C(NC(Oc1ccc(CCCS(=O)(=O)c2ccc(Cl)cc2)cc1)C(=O)O)c1cccc(OCc2nc3cc(Br)ccc3s2)c1. The van der Waals surface area contributed by atoms with Gasteiger partial charge in [0.1, 0.15) is 23.1 Å². The second-order valence-electron chi connectivity index (χ2n) is 9.87. The molecule has 0 aliphatic rings. The van der Waals surface area contributed by atoms with Crippen LogP contribution in [0, 0.1) is 0 Å². The number of nitrogens with zero attached hydrogens (tertiary/aromatic N) is 1. The lowest BCUT2D eigenvalue weighted by Crippen LogP contribution is -2.44. The highest BCUT2D eigenvalue weighted by Gasteiger charge is 2.23. The molecule has 0 aliphatic carbocycles. The number of ether oxygens (including phenoxy) is 2. The van der Waals surface area contributed by atoms with E-state index in [1.165, 1.54) is 47.7 Å². The Morgan fingerprint density at radius 3 is 2.47 bits per heavy atom. The highest BCUT2D eigenvalue weighted by molar-refractivity contribution is 9.10. The third-order valence-corrected chi connectivity index (χ3v) is 10.1. The molecule has 1 amide bonds. The van der Waals surface area contributed by atoms with E-state index in [0.717, 1.165) is 25.3 Å². The van der Waals surface area contributed by atoms with E-state index < -0.39 is 27.9 Å². The number of carbonyl (C=O) groups is 2. The van der Waals surface area contributed by atoms with Crippen LogP contribution >= 0.6 is 38.9 Å². The van der Waals surface area contributed by atoms with Crippen LogP contribution in [0.3, 0.4) is 0 Å². The molecule has 0 aliphatic heterocycles. The summed E-state index contributed by atoms with van der Waals surface area (Å²) in [6.07, 6.45) is -0.777. The van der Waals surface area contributed by atoms with E-state index in [2.05, 4.69) is 26.2 Å². The van der Waals surface area contributed by atoms with Crippen molar-refractivity contribution >= 4 is 70.8 Å². The first-order valence-corrected chi connectivity index (χ1v) is 17.3. The van der Waals surface area contributed by atoms with Gasteiger partial charge in [-0.15, -0.1) is 11.3 Å². The van der Waals surface area contributed by atoms with Gasteiger partial charge in [0.05, 0.1) is 20.9 Å². The van der Waals surface area contributed by atoms with Gasteiger partial charge < -0.3 is 19.9 Å². The molecule has 5 rings (SSSR count). The standard InChI is InChI=1S/C32H26BrClN2O7S2/c33-22-8-15-28-27(18-22)35-29(44-28)19-42-25-5-1-4-21(17-25)30(37)36-31(32(38)39)43-24-11-6-20(7-12-24)3-2-16-45(40,41)26-13-9-23(34)10-14-26/h1,4-15,17-18,31H,2-3,16,19H2,(H,36,37)(H,38,39). The maximum atomic E-state index is 12.9. The first kappa shape index (κ1) is 32.4. The number of halogens is 2. The quantitative estimate of drug-likeness (QED) is 0.125. The number of carboxylic acids is 1. The number of carboxylic acid groups (broad SMARTS) is 1. The van der Waals surface area contributed by atoms with Crippen LogP contribution in [0.15, 0.2) is 100 Å². The van der Waals surface area contributed by atoms with Crippen LogP contribution in [-0.2, 0) is 27.7 Å². The van der Waals surface area contributed by atoms with Crippen molar-refractivity contribution in [3.8, 4) is 11.5 Å². The first-order chi connectivity index (χ1) is 21.6. The number of nitrogens with one attached hydrogen (secondary N) is 1. The van der Waals surface area contributed by atoms with Gasteiger partial charge in [-0.1, -0.05) is 45.7 Å². The molecule has 9 nitrogen and oxygen atoms in total. The monoisotopic (exact) mass is 728 g/mol. The van der Waals surface area contributed by atoms with Crippen molar-refractivity contribution in [2.24, 2.45) is 0 Å². The van der Waals surface area contributed by atoms with Gasteiger partial charge in [0.15, 0.2) is 9.84 Å². The number of amides is 1. The number of sulfone groups is 1. The summed E-state index contributed by atoms with van der Waals surface area (Å²) >= 11 is 10.8. The number of thiazole rings is 1. The topological polar surface area (TPSA) is 132 Å². The Bertz CT molecular complexity index is 1930. The molecule has 0 bridgehead atoms. The highest BCUT2D eigenvalue weighted by atomic mass is 79.9. The number of aliphatic carboxylic acids is 1. The summed E-state index contributed by atoms with van der Waals surface area (Å²) in [4.78, 5) is 29.6. The van der Waals surface area contributed by atoms with Crippen LogP contribution in [0.1, 0.15) is 27.3 Å². The molecule has 1 atom stereocenters. The van der Waals surface area contributed by atoms with E-state index in [4.69, 9.17) is 21.1 Å². The van der Waals surface area contributed by atoms with E-state index in [0.29, 0.717) is 23.6 Å². The van der Waals surface area contributed by atoms with Crippen molar-refractivity contribution < 1.29 is 32.6 Å². The Morgan fingerprint density at radius 1 is 0.978 bits per heavy atom. The zero-order valence-corrected chi connectivity index (χ0v) is 27.5. The maximum Gasteiger partial charge on any atom is 0.366 e. The second-order valence-corrected chi connectivity index (χ2v) is 14.4. The van der Waals surface area contributed by atoms with Crippen LogP contribution in [0.2, 0.25) is 5.02 Å². The van der Waals surface area contributed by atoms with Crippen molar-refractivity contribution in [2.45, 2.75) is 30.6 Å². The minimum atomic E-state index is -3.44. The van der Waals surface area contributed by atoms with Crippen LogP contribution in [0.25, 0.3) is 10.2 Å². The molecule has 1 unspecified atom stereocenters. The van der Waals surface area contributed by atoms with E-state index in [-0.39, 0.29) is 28.6 Å². The van der Waals surface area contributed by atoms with Gasteiger partial charge in [-0.25, -0.2) is 18.2 Å². The Morgan fingerprint density at radius 2 is 1.73 bits per heavy atom. The fourth-order valence-electron chi connectivity index (χ4n) is 4.32. The molecule has 0 fully saturated rings. The largest absolute Gasteiger partial charge is 0.486 e. The fourth-order valence-corrected chi connectivity index (χ4v) is 6.97. The molecule has 0 saturated heterocycles. The van der Waals surface area contributed by atoms with E-state index >= 15 is 0 Å². The molecule has 1 heterocycles. The number of fused-ring (bicyclic) bond motifs is 1. The fraction of sp³-hybridized carbons (Fsp3) is 0.156. The van der Waals surface area contributed by atoms with E-state index in [9.17, 15) is 23.1 Å². The Balaban J connectivity index is 1.14. The van der Waals surface area contributed by atoms with Crippen molar-refractivity contribution in [3.05, 3.63) is 117 Å².